The van der Waals surface area contributed by atoms with Crippen molar-refractivity contribution < 1.29 is 28.6 Å². The first-order chi connectivity index (χ1) is 18.6. The average molecular weight is 546 g/mol. The zero-order valence-corrected chi connectivity index (χ0v) is 22.8. The number of aromatic nitrogens is 2. The topological polar surface area (TPSA) is 151 Å². The average Bonchev–Trinajstić information content (AvgIpc) is 3.57. The molecule has 39 heavy (non-hydrogen) atoms. The van der Waals surface area contributed by atoms with Crippen molar-refractivity contribution in [1.82, 2.24) is 20.2 Å². The molecule has 2 bridgehead atoms. The van der Waals surface area contributed by atoms with Gasteiger partial charge in [-0.2, -0.15) is 0 Å². The van der Waals surface area contributed by atoms with E-state index in [4.69, 9.17) is 10.5 Å². The molecule has 5 N–H and O–H groups in total. The lowest BCUT2D eigenvalue weighted by Crippen LogP contribution is -2.45. The fourth-order valence-corrected chi connectivity index (χ4v) is 4.87. The number of esters is 1. The molecule has 3 heterocycles. The lowest BCUT2D eigenvalue weighted by molar-refractivity contribution is -0.158. The van der Waals surface area contributed by atoms with Gasteiger partial charge in [-0.25, -0.2) is 14.2 Å². The molecule has 1 fully saturated rings. The number of imidazole rings is 1. The van der Waals surface area contributed by atoms with E-state index in [1.165, 1.54) is 17.2 Å². The maximum atomic E-state index is 14.7. The molecular formula is C28H40FN5O5. The van der Waals surface area contributed by atoms with Gasteiger partial charge < -0.3 is 30.8 Å². The third-order valence-electron chi connectivity index (χ3n) is 7.04. The van der Waals surface area contributed by atoms with Crippen molar-refractivity contribution in [2.45, 2.75) is 70.9 Å². The van der Waals surface area contributed by atoms with Crippen LogP contribution < -0.4 is 11.1 Å². The number of fused-ring (bicyclic) bond motifs is 3. The number of amides is 2. The Kier molecular flexibility index (Phi) is 11.0. The van der Waals surface area contributed by atoms with Crippen LogP contribution in [0.4, 0.5) is 4.39 Å². The molecule has 11 heteroatoms. The summed E-state index contributed by atoms with van der Waals surface area (Å²) in [5.41, 5.74) is 6.77. The van der Waals surface area contributed by atoms with E-state index < -0.39 is 36.3 Å². The molecule has 2 aliphatic rings. The summed E-state index contributed by atoms with van der Waals surface area (Å²) >= 11 is 0. The van der Waals surface area contributed by atoms with Gasteiger partial charge in [-0.15, -0.1) is 0 Å². The van der Waals surface area contributed by atoms with Crippen molar-refractivity contribution in [2.24, 2.45) is 17.6 Å². The van der Waals surface area contributed by atoms with E-state index in [1.807, 2.05) is 13.8 Å². The first-order valence-corrected chi connectivity index (χ1v) is 13.5. The molecule has 0 radical (unpaired) electrons. The quantitative estimate of drug-likeness (QED) is 0.415. The fourth-order valence-electron chi connectivity index (χ4n) is 4.87. The molecule has 0 spiro atoms. The minimum Gasteiger partial charge on any atom is -0.460 e. The van der Waals surface area contributed by atoms with Crippen LogP contribution in [0.5, 0.6) is 0 Å². The number of aliphatic hydroxyl groups is 1. The van der Waals surface area contributed by atoms with Crippen molar-refractivity contribution in [3.8, 4) is 0 Å². The number of rotatable bonds is 2. The van der Waals surface area contributed by atoms with Crippen molar-refractivity contribution in [2.75, 3.05) is 19.6 Å². The van der Waals surface area contributed by atoms with Crippen molar-refractivity contribution >= 4 is 17.8 Å². The molecule has 214 valence electrons. The second-order valence-electron chi connectivity index (χ2n) is 10.4. The first kappa shape index (κ1) is 30.2. The first-order valence-electron chi connectivity index (χ1n) is 13.5. The molecule has 0 saturated carbocycles. The largest absolute Gasteiger partial charge is 0.460 e. The molecular weight excluding hydrogens is 505 g/mol. The Labute approximate surface area is 228 Å². The highest BCUT2D eigenvalue weighted by atomic mass is 19.1. The number of halogens is 1. The predicted octanol–water partition coefficient (Wildman–Crippen LogP) is 1.98. The highest BCUT2D eigenvalue weighted by Gasteiger charge is 2.38. The van der Waals surface area contributed by atoms with Gasteiger partial charge in [-0.3, -0.25) is 9.59 Å². The SMILES string of the molecule is CC1=C\[C@@H](O)C[C@@H](F)Cc2ncc([nH]2)C(=O)N2CCC[C@@H]2C(=O)O[C@H]([C@@H](C)CN)[C@H](C)/C=C/C(=O)NC\C=C\1. The number of H-pyrrole nitrogens is 1. The normalized spacial score (nSPS) is 31.8. The van der Waals surface area contributed by atoms with Gasteiger partial charge in [0.05, 0.1) is 12.3 Å². The molecule has 0 aliphatic carbocycles. The number of allylic oxidation sites excluding steroid dienone is 2. The van der Waals surface area contributed by atoms with Crippen LogP contribution in [-0.4, -0.2) is 81.8 Å². The van der Waals surface area contributed by atoms with Crippen LogP contribution in [-0.2, 0) is 20.7 Å². The molecule has 0 aromatic carbocycles. The molecule has 2 amide bonds. The lowest BCUT2D eigenvalue weighted by Gasteiger charge is -2.30. The van der Waals surface area contributed by atoms with Gasteiger partial charge in [0.1, 0.15) is 29.8 Å². The van der Waals surface area contributed by atoms with Gasteiger partial charge in [0.15, 0.2) is 0 Å². The Morgan fingerprint density at radius 1 is 1.31 bits per heavy atom. The van der Waals surface area contributed by atoms with E-state index in [0.29, 0.717) is 19.4 Å². The van der Waals surface area contributed by atoms with Crippen molar-refractivity contribution in [1.29, 1.82) is 0 Å². The summed E-state index contributed by atoms with van der Waals surface area (Å²) in [5.74, 6) is -1.47. The third-order valence-corrected chi connectivity index (χ3v) is 7.04. The molecule has 1 aromatic heterocycles. The monoisotopic (exact) mass is 545 g/mol. The Hall–Kier alpha value is -3.31. The van der Waals surface area contributed by atoms with E-state index in [0.717, 1.165) is 5.57 Å². The van der Waals surface area contributed by atoms with Gasteiger partial charge in [-0.05, 0) is 32.4 Å². The number of aliphatic hydroxyl groups excluding tert-OH is 1. The van der Waals surface area contributed by atoms with Crippen LogP contribution in [0.25, 0.3) is 0 Å². The molecule has 2 aliphatic heterocycles. The number of ether oxygens (including phenoxy) is 1. The minimum absolute atomic E-state index is 0.103. The van der Waals surface area contributed by atoms with E-state index in [2.05, 4.69) is 15.3 Å². The minimum atomic E-state index is -1.40. The zero-order valence-electron chi connectivity index (χ0n) is 22.8. The summed E-state index contributed by atoms with van der Waals surface area (Å²) in [6.07, 6.45) is 7.25. The number of hydrogen-bond acceptors (Lipinski definition) is 7. The molecule has 6 atom stereocenters. The predicted molar refractivity (Wildman–Crippen MR) is 144 cm³/mol. The summed E-state index contributed by atoms with van der Waals surface area (Å²) in [5, 5.41) is 13.0. The summed E-state index contributed by atoms with van der Waals surface area (Å²) in [6.45, 7) is 6.39. The van der Waals surface area contributed by atoms with Gasteiger partial charge in [0.25, 0.3) is 5.91 Å². The number of nitrogens with zero attached hydrogens (tertiary/aromatic N) is 2. The summed E-state index contributed by atoms with van der Waals surface area (Å²) in [4.78, 5) is 47.3. The zero-order chi connectivity index (χ0) is 28.5. The van der Waals surface area contributed by atoms with Crippen LogP contribution >= 0.6 is 0 Å². The Morgan fingerprint density at radius 3 is 2.82 bits per heavy atom. The van der Waals surface area contributed by atoms with Gasteiger partial charge in [0, 0.05) is 37.8 Å². The number of carbonyl (C=O) groups is 3. The molecule has 0 unspecified atom stereocenters. The summed E-state index contributed by atoms with van der Waals surface area (Å²) in [7, 11) is 0. The smallest absolute Gasteiger partial charge is 0.329 e. The Balaban J connectivity index is 1.86. The van der Waals surface area contributed by atoms with Crippen molar-refractivity contribution in [3.63, 3.8) is 0 Å². The number of nitrogens with one attached hydrogen (secondary N) is 2. The fraction of sp³-hybridized carbons (Fsp3) is 0.571. The van der Waals surface area contributed by atoms with Crippen LogP contribution in [0.1, 0.15) is 56.3 Å². The van der Waals surface area contributed by atoms with Gasteiger partial charge in [-0.1, -0.05) is 43.7 Å². The number of aromatic amines is 1. The maximum Gasteiger partial charge on any atom is 0.329 e. The number of carbonyl (C=O) groups excluding carboxylic acids is 3. The number of hydrogen-bond donors (Lipinski definition) is 4. The highest BCUT2D eigenvalue weighted by Crippen LogP contribution is 2.25. The molecule has 10 nitrogen and oxygen atoms in total. The lowest BCUT2D eigenvalue weighted by atomic mass is 9.92. The molecule has 1 aromatic rings. The highest BCUT2D eigenvalue weighted by molar-refractivity contribution is 5.95. The molecule has 1 saturated heterocycles. The number of cyclic esters (lactones) is 1. The third kappa shape index (κ3) is 8.59. The van der Waals surface area contributed by atoms with E-state index in [9.17, 15) is 23.9 Å². The second-order valence-corrected chi connectivity index (χ2v) is 10.4. The van der Waals surface area contributed by atoms with E-state index in [1.54, 1.807) is 31.2 Å². The number of nitrogens with two attached hydrogens (primary N) is 1. The van der Waals surface area contributed by atoms with Crippen LogP contribution in [0.3, 0.4) is 0 Å². The van der Waals surface area contributed by atoms with Gasteiger partial charge >= 0.3 is 5.97 Å². The van der Waals surface area contributed by atoms with Gasteiger partial charge in [0.2, 0.25) is 5.91 Å². The van der Waals surface area contributed by atoms with E-state index in [-0.39, 0.29) is 55.2 Å². The molecule has 3 rings (SSSR count). The van der Waals surface area contributed by atoms with Crippen molar-refractivity contribution in [3.05, 3.63) is 53.7 Å². The Bertz CT molecular complexity index is 1100. The number of alkyl halides is 1. The Morgan fingerprint density at radius 2 is 2.08 bits per heavy atom. The standard InChI is InChI=1S/C28H40FN5O5/c1-17-6-4-10-31-25(36)9-8-18(2)26(19(3)15-30)39-28(38)23-7-5-11-34(23)27(37)22-16-32-24(33-22)14-20(29)13-21(35)12-17/h4,6,8-9,12,16,18-21,23,26,35H,5,7,10-11,13-15,30H2,1-3H3,(H,31,36)(H,32,33)/b6-4+,9-8+,17-12+/t18-,19+,20-,21-,23-,26+/m1/s1. The van der Waals surface area contributed by atoms with Crippen LogP contribution in [0.15, 0.2) is 42.2 Å². The second kappa shape index (κ2) is 14.2. The van der Waals surface area contributed by atoms with Crippen LogP contribution in [0, 0.1) is 11.8 Å². The summed E-state index contributed by atoms with van der Waals surface area (Å²) < 4.78 is 20.6. The van der Waals surface area contributed by atoms with E-state index >= 15 is 0 Å². The summed E-state index contributed by atoms with van der Waals surface area (Å²) in [6, 6.07) is -0.774. The maximum absolute atomic E-state index is 14.7. The van der Waals surface area contributed by atoms with Crippen LogP contribution in [0.2, 0.25) is 0 Å².